The Hall–Kier alpha value is -3.82. The van der Waals surface area contributed by atoms with Crippen LogP contribution in [0.4, 0.5) is 4.79 Å². The Morgan fingerprint density at radius 2 is 1.70 bits per heavy atom. The van der Waals surface area contributed by atoms with Crippen LogP contribution >= 0.6 is 11.6 Å². The largest absolute Gasteiger partial charge is 0.445 e. The summed E-state index contributed by atoms with van der Waals surface area (Å²) in [4.78, 5) is 27.8. The van der Waals surface area contributed by atoms with E-state index in [1.54, 1.807) is 17.0 Å². The quantitative estimate of drug-likeness (QED) is 0.223. The van der Waals surface area contributed by atoms with Crippen molar-refractivity contribution in [2.24, 2.45) is 5.92 Å². The van der Waals surface area contributed by atoms with Gasteiger partial charge < -0.3 is 14.2 Å². The molecule has 3 aromatic carbocycles. The number of hydrogen-bond donors (Lipinski definition) is 1. The van der Waals surface area contributed by atoms with Crippen LogP contribution in [0.3, 0.4) is 0 Å². The third kappa shape index (κ3) is 7.77. The highest BCUT2D eigenvalue weighted by Gasteiger charge is 2.30. The molecule has 0 radical (unpaired) electrons. The minimum atomic E-state index is -3.99. The van der Waals surface area contributed by atoms with E-state index < -0.39 is 22.0 Å². The van der Waals surface area contributed by atoms with Gasteiger partial charge in [-0.1, -0.05) is 72.3 Å². The van der Waals surface area contributed by atoms with Crippen molar-refractivity contribution < 1.29 is 22.7 Å². The first-order chi connectivity index (χ1) is 20.7. The van der Waals surface area contributed by atoms with Gasteiger partial charge in [0.25, 0.3) is 5.91 Å². The van der Waals surface area contributed by atoms with E-state index in [0.29, 0.717) is 42.2 Å². The first kappa shape index (κ1) is 30.6. The van der Waals surface area contributed by atoms with Crippen LogP contribution in [-0.4, -0.2) is 48.7 Å². The number of sulfonamides is 1. The van der Waals surface area contributed by atoms with E-state index in [4.69, 9.17) is 16.3 Å². The van der Waals surface area contributed by atoms with Gasteiger partial charge >= 0.3 is 6.09 Å². The number of ether oxygens (including phenoxy) is 1. The maximum atomic E-state index is 13.6. The van der Waals surface area contributed by atoms with Crippen LogP contribution < -0.4 is 4.72 Å². The summed E-state index contributed by atoms with van der Waals surface area (Å²) in [6.07, 6.45) is 2.41. The predicted molar refractivity (Wildman–Crippen MR) is 169 cm³/mol. The number of amides is 2. The number of nitrogens with one attached hydrogen (secondary N) is 1. The number of halogens is 1. The molecule has 1 saturated heterocycles. The number of rotatable bonds is 10. The van der Waals surface area contributed by atoms with Crippen molar-refractivity contribution in [3.63, 3.8) is 0 Å². The monoisotopic (exact) mass is 621 g/mol. The number of carbonyl (C=O) groups excluding carboxylic acids is 2. The molecule has 0 unspecified atom stereocenters. The summed E-state index contributed by atoms with van der Waals surface area (Å²) in [5, 5.41) is 1.35. The van der Waals surface area contributed by atoms with E-state index in [0.717, 1.165) is 29.3 Å². The molecule has 8 nitrogen and oxygen atoms in total. The van der Waals surface area contributed by atoms with Crippen molar-refractivity contribution in [3.05, 3.63) is 106 Å². The molecule has 226 valence electrons. The molecule has 1 aromatic heterocycles. The van der Waals surface area contributed by atoms with Crippen LogP contribution in [0, 0.1) is 12.8 Å². The van der Waals surface area contributed by atoms with Crippen LogP contribution in [-0.2, 0) is 34.3 Å². The first-order valence-corrected chi connectivity index (χ1v) is 16.6. The normalized spacial score (nSPS) is 15.4. The molecule has 1 aliphatic heterocycles. The molecule has 1 N–H and O–H groups in total. The molecular weight excluding hydrogens is 586 g/mol. The second-order valence-corrected chi connectivity index (χ2v) is 13.3. The van der Waals surface area contributed by atoms with Gasteiger partial charge in [-0.05, 0) is 73.4 Å². The average Bonchev–Trinajstić information content (AvgIpc) is 3.27. The summed E-state index contributed by atoms with van der Waals surface area (Å²) in [6, 6.07) is 24.9. The smallest absolute Gasteiger partial charge is 0.410 e. The van der Waals surface area contributed by atoms with Gasteiger partial charge in [0.1, 0.15) is 12.3 Å². The number of carbonyl (C=O) groups is 2. The molecule has 43 heavy (non-hydrogen) atoms. The summed E-state index contributed by atoms with van der Waals surface area (Å²) in [5.41, 5.74) is 3.88. The van der Waals surface area contributed by atoms with Gasteiger partial charge in [-0.3, -0.25) is 4.79 Å². The molecule has 1 atom stereocenters. The van der Waals surface area contributed by atoms with Crippen molar-refractivity contribution in [3.8, 4) is 0 Å². The average molecular weight is 622 g/mol. The topological polar surface area (TPSA) is 97.7 Å². The van der Waals surface area contributed by atoms with E-state index in [2.05, 4.69) is 16.9 Å². The number of piperidine rings is 1. The number of likely N-dealkylation sites (tertiary alicyclic amines) is 1. The number of aromatic nitrogens is 1. The van der Waals surface area contributed by atoms with E-state index in [1.807, 2.05) is 66.1 Å². The van der Waals surface area contributed by atoms with Gasteiger partial charge in [0.15, 0.2) is 0 Å². The predicted octanol–water partition coefficient (Wildman–Crippen LogP) is 6.34. The summed E-state index contributed by atoms with van der Waals surface area (Å²) >= 11 is 6.27. The molecule has 1 fully saturated rings. The Labute approximate surface area is 257 Å². The summed E-state index contributed by atoms with van der Waals surface area (Å²) < 4.78 is 36.2. The highest BCUT2D eigenvalue weighted by molar-refractivity contribution is 7.90. The molecule has 2 amide bonds. The Morgan fingerprint density at radius 3 is 2.42 bits per heavy atom. The molecule has 0 aliphatic carbocycles. The maximum Gasteiger partial charge on any atom is 0.410 e. The maximum absolute atomic E-state index is 13.6. The van der Waals surface area contributed by atoms with Crippen molar-refractivity contribution in [1.29, 1.82) is 0 Å². The molecule has 0 bridgehead atoms. The van der Waals surface area contributed by atoms with Gasteiger partial charge in [-0.25, -0.2) is 17.9 Å². The zero-order valence-corrected chi connectivity index (χ0v) is 25.7. The van der Waals surface area contributed by atoms with Crippen LogP contribution in [0.15, 0.2) is 78.9 Å². The van der Waals surface area contributed by atoms with Crippen LogP contribution in [0.25, 0.3) is 10.9 Å². The molecule has 5 rings (SSSR count). The molecule has 2 heterocycles. The van der Waals surface area contributed by atoms with E-state index in [9.17, 15) is 18.0 Å². The Kier molecular flexibility index (Phi) is 9.72. The standard InChI is InChI=1S/C33H36ClN3O5S/c1-24-29-20-28(34)16-17-30(29)37(19-9-14-25-10-4-2-5-11-25)31(24)32(38)35-43(40,41)23-27-15-8-18-36(21-27)33(39)42-22-26-12-6-3-7-13-26/h2-7,10-13,16-17,20,27H,8-9,14-15,18-19,21-23H2,1H3,(H,35,38)/t27-/m1/s1. The summed E-state index contributed by atoms with van der Waals surface area (Å²) in [7, 11) is -3.99. The zero-order chi connectivity index (χ0) is 30.4. The molecule has 1 aliphatic rings. The van der Waals surface area contributed by atoms with Crippen molar-refractivity contribution in [1.82, 2.24) is 14.2 Å². The van der Waals surface area contributed by atoms with Crippen molar-refractivity contribution >= 4 is 44.5 Å². The minimum Gasteiger partial charge on any atom is -0.445 e. The third-order valence-corrected chi connectivity index (χ3v) is 9.51. The van der Waals surface area contributed by atoms with Gasteiger partial charge in [0.05, 0.1) is 5.75 Å². The van der Waals surface area contributed by atoms with Crippen molar-refractivity contribution in [2.45, 2.75) is 45.8 Å². The lowest BCUT2D eigenvalue weighted by Crippen LogP contribution is -2.44. The van der Waals surface area contributed by atoms with Crippen LogP contribution in [0.1, 0.15) is 46.4 Å². The van der Waals surface area contributed by atoms with Crippen molar-refractivity contribution in [2.75, 3.05) is 18.8 Å². The summed E-state index contributed by atoms with van der Waals surface area (Å²) in [5.74, 6) is -1.25. The number of benzene rings is 3. The SMILES string of the molecule is Cc1c(C(=O)NS(=O)(=O)C[C@@H]2CCCN(C(=O)OCc3ccccc3)C2)n(CCCc2ccccc2)c2ccc(Cl)cc12. The fourth-order valence-electron chi connectivity index (χ4n) is 5.82. The highest BCUT2D eigenvalue weighted by atomic mass is 35.5. The second-order valence-electron chi connectivity index (χ2n) is 11.1. The van der Waals surface area contributed by atoms with Crippen LogP contribution in [0.2, 0.25) is 5.02 Å². The lowest BCUT2D eigenvalue weighted by Gasteiger charge is -2.31. The Bertz CT molecular complexity index is 1690. The second kappa shape index (κ2) is 13.7. The third-order valence-electron chi connectivity index (χ3n) is 7.87. The number of hydrogen-bond acceptors (Lipinski definition) is 5. The number of aryl methyl sites for hydroxylation is 3. The van der Waals surface area contributed by atoms with E-state index >= 15 is 0 Å². The fourth-order valence-corrected chi connectivity index (χ4v) is 7.35. The molecule has 0 saturated carbocycles. The number of nitrogens with zero attached hydrogens (tertiary/aromatic N) is 2. The molecular formula is C33H36ClN3O5S. The zero-order valence-electron chi connectivity index (χ0n) is 24.2. The van der Waals surface area contributed by atoms with Gasteiger partial charge in [0, 0.05) is 35.6 Å². The molecule has 10 heteroatoms. The lowest BCUT2D eigenvalue weighted by atomic mass is 10.0. The molecule has 0 spiro atoms. The van der Waals surface area contributed by atoms with Gasteiger partial charge in [0.2, 0.25) is 10.0 Å². The Morgan fingerprint density at radius 1 is 1.00 bits per heavy atom. The lowest BCUT2D eigenvalue weighted by molar-refractivity contribution is 0.0811. The fraction of sp³-hybridized carbons (Fsp3) is 0.333. The van der Waals surface area contributed by atoms with E-state index in [-0.39, 0.29) is 24.8 Å². The highest BCUT2D eigenvalue weighted by Crippen LogP contribution is 2.29. The number of fused-ring (bicyclic) bond motifs is 1. The minimum absolute atomic E-state index is 0.152. The van der Waals surface area contributed by atoms with E-state index in [1.165, 1.54) is 5.56 Å². The Balaban J connectivity index is 1.26. The van der Waals surface area contributed by atoms with Crippen LogP contribution in [0.5, 0.6) is 0 Å². The summed E-state index contributed by atoms with van der Waals surface area (Å²) in [6.45, 7) is 3.25. The molecule has 4 aromatic rings. The van der Waals surface area contributed by atoms with Gasteiger partial charge in [-0.15, -0.1) is 0 Å². The first-order valence-electron chi connectivity index (χ1n) is 14.5. The van der Waals surface area contributed by atoms with Gasteiger partial charge in [-0.2, -0.15) is 0 Å².